The SMILES string of the molecule is O[C@@H]1CN(Cc2cccc(-c3ccco3)c2)C[C@H]1N1CCOCC1. The lowest BCUT2D eigenvalue weighted by Crippen LogP contribution is -2.48. The highest BCUT2D eigenvalue weighted by Crippen LogP contribution is 2.23. The van der Waals surface area contributed by atoms with Gasteiger partial charge in [0.25, 0.3) is 0 Å². The Morgan fingerprint density at radius 1 is 1.08 bits per heavy atom. The maximum absolute atomic E-state index is 10.5. The molecule has 128 valence electrons. The molecule has 0 bridgehead atoms. The van der Waals surface area contributed by atoms with Crippen molar-refractivity contribution in [2.75, 3.05) is 39.4 Å². The number of furan rings is 1. The second-order valence-electron chi connectivity index (χ2n) is 6.65. The predicted octanol–water partition coefficient (Wildman–Crippen LogP) is 1.82. The number of aliphatic hydroxyl groups excluding tert-OH is 1. The van der Waals surface area contributed by atoms with Gasteiger partial charge < -0.3 is 14.3 Å². The first-order chi connectivity index (χ1) is 11.8. The van der Waals surface area contributed by atoms with Gasteiger partial charge in [-0.25, -0.2) is 0 Å². The Bertz CT molecular complexity index is 652. The van der Waals surface area contributed by atoms with Gasteiger partial charge in [-0.05, 0) is 23.8 Å². The van der Waals surface area contributed by atoms with E-state index >= 15 is 0 Å². The Labute approximate surface area is 142 Å². The van der Waals surface area contributed by atoms with Crippen molar-refractivity contribution in [3.05, 3.63) is 48.2 Å². The maximum atomic E-state index is 10.5. The van der Waals surface area contributed by atoms with Crippen molar-refractivity contribution in [3.63, 3.8) is 0 Å². The van der Waals surface area contributed by atoms with E-state index < -0.39 is 0 Å². The highest BCUT2D eigenvalue weighted by atomic mass is 16.5. The molecule has 2 aliphatic heterocycles. The highest BCUT2D eigenvalue weighted by molar-refractivity contribution is 5.58. The van der Waals surface area contributed by atoms with E-state index in [-0.39, 0.29) is 12.1 Å². The van der Waals surface area contributed by atoms with E-state index in [9.17, 15) is 5.11 Å². The second-order valence-corrected chi connectivity index (χ2v) is 6.65. The van der Waals surface area contributed by atoms with Gasteiger partial charge in [0, 0.05) is 44.3 Å². The molecule has 5 nitrogen and oxygen atoms in total. The normalized spacial score (nSPS) is 26.0. The Balaban J connectivity index is 1.42. The van der Waals surface area contributed by atoms with Crippen LogP contribution in [0.5, 0.6) is 0 Å². The third kappa shape index (κ3) is 3.39. The molecule has 0 aliphatic carbocycles. The van der Waals surface area contributed by atoms with Crippen LogP contribution in [-0.2, 0) is 11.3 Å². The summed E-state index contributed by atoms with van der Waals surface area (Å²) in [6.07, 6.45) is 1.42. The fraction of sp³-hybridized carbons (Fsp3) is 0.474. The number of aliphatic hydroxyl groups is 1. The van der Waals surface area contributed by atoms with Gasteiger partial charge >= 0.3 is 0 Å². The Morgan fingerprint density at radius 3 is 2.75 bits per heavy atom. The zero-order chi connectivity index (χ0) is 16.4. The second kappa shape index (κ2) is 7.07. The molecule has 1 N–H and O–H groups in total. The molecule has 2 aromatic rings. The number of β-amino-alcohol motifs (C(OH)–C–C–N with tert-alkyl or cyclic N) is 1. The van der Waals surface area contributed by atoms with Crippen LogP contribution in [0.15, 0.2) is 47.1 Å². The molecule has 0 radical (unpaired) electrons. The predicted molar refractivity (Wildman–Crippen MR) is 91.6 cm³/mol. The standard InChI is InChI=1S/C19H24N2O3/c22-18-14-20(13-17(18)21-6-9-23-10-7-21)12-15-3-1-4-16(11-15)19-5-2-8-24-19/h1-5,8,11,17-18,22H,6-7,9-10,12-14H2/t17-,18-/m1/s1. The van der Waals surface area contributed by atoms with Crippen LogP contribution in [0.1, 0.15) is 5.56 Å². The van der Waals surface area contributed by atoms with Gasteiger partial charge in [0.2, 0.25) is 0 Å². The minimum atomic E-state index is -0.281. The minimum absolute atomic E-state index is 0.224. The molecule has 0 unspecified atom stereocenters. The van der Waals surface area contributed by atoms with Crippen LogP contribution in [0.2, 0.25) is 0 Å². The highest BCUT2D eigenvalue weighted by Gasteiger charge is 2.35. The van der Waals surface area contributed by atoms with Crippen molar-refractivity contribution in [2.45, 2.75) is 18.7 Å². The molecule has 1 aromatic heterocycles. The lowest BCUT2D eigenvalue weighted by atomic mass is 10.1. The Kier molecular flexibility index (Phi) is 4.67. The number of benzene rings is 1. The fourth-order valence-electron chi connectivity index (χ4n) is 3.77. The number of likely N-dealkylation sites (tertiary alicyclic amines) is 1. The third-order valence-corrected chi connectivity index (χ3v) is 4.99. The summed E-state index contributed by atoms with van der Waals surface area (Å²) in [6.45, 7) is 5.88. The molecule has 2 fully saturated rings. The molecule has 4 rings (SSSR count). The van der Waals surface area contributed by atoms with Gasteiger partial charge in [0.15, 0.2) is 0 Å². The third-order valence-electron chi connectivity index (χ3n) is 4.99. The monoisotopic (exact) mass is 328 g/mol. The van der Waals surface area contributed by atoms with Crippen LogP contribution < -0.4 is 0 Å². The van der Waals surface area contributed by atoms with Crippen molar-refractivity contribution >= 4 is 0 Å². The van der Waals surface area contributed by atoms with Crippen LogP contribution >= 0.6 is 0 Å². The number of nitrogens with zero attached hydrogens (tertiary/aromatic N) is 2. The number of ether oxygens (including phenoxy) is 1. The van der Waals surface area contributed by atoms with E-state index in [1.807, 2.05) is 12.1 Å². The fourth-order valence-corrected chi connectivity index (χ4v) is 3.77. The summed E-state index contributed by atoms with van der Waals surface area (Å²) in [5.41, 5.74) is 2.35. The lowest BCUT2D eigenvalue weighted by molar-refractivity contribution is -0.00618. The first kappa shape index (κ1) is 15.8. The molecule has 1 aromatic carbocycles. The average Bonchev–Trinajstić information content (AvgIpc) is 3.26. The van der Waals surface area contributed by atoms with E-state index in [1.54, 1.807) is 6.26 Å². The molecule has 5 heteroatoms. The molecule has 2 atom stereocenters. The van der Waals surface area contributed by atoms with Crippen molar-refractivity contribution < 1.29 is 14.3 Å². The molecule has 24 heavy (non-hydrogen) atoms. The van der Waals surface area contributed by atoms with Gasteiger partial charge in [0.05, 0.1) is 25.6 Å². The quantitative estimate of drug-likeness (QED) is 0.928. The topological polar surface area (TPSA) is 49.1 Å². The molecular formula is C19H24N2O3. The van der Waals surface area contributed by atoms with Crippen molar-refractivity contribution in [1.29, 1.82) is 0 Å². The molecule has 0 spiro atoms. The van der Waals surface area contributed by atoms with Crippen molar-refractivity contribution in [2.24, 2.45) is 0 Å². The molecule has 0 amide bonds. The lowest BCUT2D eigenvalue weighted by Gasteiger charge is -2.33. The molecule has 2 aliphatic rings. The van der Waals surface area contributed by atoms with Crippen LogP contribution in [-0.4, -0.2) is 66.4 Å². The largest absolute Gasteiger partial charge is 0.464 e. The average molecular weight is 328 g/mol. The number of hydrogen-bond donors (Lipinski definition) is 1. The molecule has 0 saturated carbocycles. The Hall–Kier alpha value is -1.66. The van der Waals surface area contributed by atoms with E-state index in [2.05, 4.69) is 34.1 Å². The van der Waals surface area contributed by atoms with E-state index in [4.69, 9.17) is 9.15 Å². The van der Waals surface area contributed by atoms with Gasteiger partial charge in [0.1, 0.15) is 5.76 Å². The summed E-state index contributed by atoms with van der Waals surface area (Å²) in [4.78, 5) is 4.71. The number of hydrogen-bond acceptors (Lipinski definition) is 5. The summed E-state index contributed by atoms with van der Waals surface area (Å²) >= 11 is 0. The molecule has 2 saturated heterocycles. The minimum Gasteiger partial charge on any atom is -0.464 e. The first-order valence-corrected chi connectivity index (χ1v) is 8.64. The van der Waals surface area contributed by atoms with Gasteiger partial charge in [-0.1, -0.05) is 18.2 Å². The number of morpholine rings is 1. The first-order valence-electron chi connectivity index (χ1n) is 8.64. The zero-order valence-electron chi connectivity index (χ0n) is 13.8. The number of rotatable bonds is 4. The van der Waals surface area contributed by atoms with Crippen LogP contribution in [0.3, 0.4) is 0 Å². The van der Waals surface area contributed by atoms with Crippen LogP contribution in [0.25, 0.3) is 11.3 Å². The van der Waals surface area contributed by atoms with Gasteiger partial charge in [-0.3, -0.25) is 9.80 Å². The summed E-state index contributed by atoms with van der Waals surface area (Å²) < 4.78 is 10.9. The van der Waals surface area contributed by atoms with Crippen molar-refractivity contribution in [3.8, 4) is 11.3 Å². The van der Waals surface area contributed by atoms with Crippen LogP contribution in [0.4, 0.5) is 0 Å². The molecular weight excluding hydrogens is 304 g/mol. The van der Waals surface area contributed by atoms with Crippen molar-refractivity contribution in [1.82, 2.24) is 9.80 Å². The van der Waals surface area contributed by atoms with E-state index in [0.717, 1.165) is 57.3 Å². The Morgan fingerprint density at radius 2 is 1.96 bits per heavy atom. The maximum Gasteiger partial charge on any atom is 0.133 e. The van der Waals surface area contributed by atoms with E-state index in [0.29, 0.717) is 0 Å². The van der Waals surface area contributed by atoms with Gasteiger partial charge in [-0.15, -0.1) is 0 Å². The summed E-state index contributed by atoms with van der Waals surface area (Å²) in [7, 11) is 0. The van der Waals surface area contributed by atoms with Crippen LogP contribution in [0, 0.1) is 0 Å². The molecule has 3 heterocycles. The van der Waals surface area contributed by atoms with Gasteiger partial charge in [-0.2, -0.15) is 0 Å². The summed E-state index contributed by atoms with van der Waals surface area (Å²) in [5.74, 6) is 0.893. The smallest absolute Gasteiger partial charge is 0.133 e. The summed E-state index contributed by atoms with van der Waals surface area (Å²) in [5, 5.41) is 10.5. The summed E-state index contributed by atoms with van der Waals surface area (Å²) in [6, 6.07) is 12.6. The van der Waals surface area contributed by atoms with E-state index in [1.165, 1.54) is 5.56 Å². The zero-order valence-corrected chi connectivity index (χ0v) is 13.8.